The van der Waals surface area contributed by atoms with Gasteiger partial charge in [-0.1, -0.05) is 56.0 Å². The van der Waals surface area contributed by atoms with Crippen molar-refractivity contribution in [3.05, 3.63) is 71.1 Å². The number of aromatic nitrogens is 3. The van der Waals surface area contributed by atoms with Crippen molar-refractivity contribution in [1.29, 1.82) is 0 Å². The van der Waals surface area contributed by atoms with E-state index in [1.165, 1.54) is 0 Å². The second-order valence-corrected chi connectivity index (χ2v) is 8.71. The number of amides is 1. The molecular weight excluding hydrogens is 424 g/mol. The second kappa shape index (κ2) is 10.1. The lowest BCUT2D eigenvalue weighted by Gasteiger charge is -2.33. The highest BCUT2D eigenvalue weighted by Crippen LogP contribution is 2.30. The molecule has 166 valence electrons. The summed E-state index contributed by atoms with van der Waals surface area (Å²) in [6.45, 7) is 2.77. The van der Waals surface area contributed by atoms with Crippen molar-refractivity contribution in [3.8, 4) is 11.3 Å². The molecule has 3 heterocycles. The molecule has 2 aromatic heterocycles. The van der Waals surface area contributed by atoms with Crippen LogP contribution in [0.2, 0.25) is 5.02 Å². The van der Waals surface area contributed by atoms with Crippen molar-refractivity contribution < 1.29 is 9.59 Å². The van der Waals surface area contributed by atoms with Crippen LogP contribution in [0.1, 0.15) is 54.7 Å². The summed E-state index contributed by atoms with van der Waals surface area (Å²) in [6.07, 6.45) is 7.88. The van der Waals surface area contributed by atoms with E-state index in [-0.39, 0.29) is 30.7 Å². The highest BCUT2D eigenvalue weighted by Gasteiger charge is 2.33. The molecule has 0 bridgehead atoms. The number of nitrogens with zero attached hydrogens (tertiary/aromatic N) is 4. The highest BCUT2D eigenvalue weighted by molar-refractivity contribution is 6.30. The molecule has 4 rings (SSSR count). The summed E-state index contributed by atoms with van der Waals surface area (Å²) >= 11 is 6.02. The third kappa shape index (κ3) is 5.07. The first-order valence-corrected chi connectivity index (χ1v) is 11.5. The molecular formula is C25H27ClN4O2. The first-order chi connectivity index (χ1) is 15.5. The van der Waals surface area contributed by atoms with Gasteiger partial charge in [-0.25, -0.2) is 0 Å². The second-order valence-electron chi connectivity index (χ2n) is 8.28. The molecule has 1 amide bonds. The topological polar surface area (TPSA) is 68.1 Å². The Balaban J connectivity index is 1.56. The van der Waals surface area contributed by atoms with Crippen LogP contribution in [0.25, 0.3) is 11.3 Å². The summed E-state index contributed by atoms with van der Waals surface area (Å²) in [5, 5.41) is 5.43. The molecule has 0 spiro atoms. The number of hydrogen-bond acceptors (Lipinski definition) is 4. The Morgan fingerprint density at radius 2 is 2.00 bits per heavy atom. The van der Waals surface area contributed by atoms with Crippen LogP contribution in [-0.4, -0.2) is 44.4 Å². The predicted octanol–water partition coefficient (Wildman–Crippen LogP) is 4.99. The first-order valence-electron chi connectivity index (χ1n) is 11.1. The molecule has 3 aromatic rings. The van der Waals surface area contributed by atoms with Gasteiger partial charge in [-0.3, -0.25) is 19.3 Å². The molecule has 1 aromatic carbocycles. The van der Waals surface area contributed by atoms with E-state index in [4.69, 9.17) is 16.7 Å². The maximum absolute atomic E-state index is 13.3. The van der Waals surface area contributed by atoms with Gasteiger partial charge in [0.15, 0.2) is 5.78 Å². The van der Waals surface area contributed by atoms with E-state index < -0.39 is 0 Å². The molecule has 0 N–H and O–H groups in total. The zero-order chi connectivity index (χ0) is 22.5. The van der Waals surface area contributed by atoms with E-state index in [2.05, 4.69) is 11.9 Å². The van der Waals surface area contributed by atoms with Gasteiger partial charge in [0, 0.05) is 35.9 Å². The fraction of sp³-hybridized carbons (Fsp3) is 0.360. The van der Waals surface area contributed by atoms with E-state index in [0.717, 1.165) is 42.5 Å². The Morgan fingerprint density at radius 1 is 1.19 bits per heavy atom. The van der Waals surface area contributed by atoms with E-state index in [9.17, 15) is 9.59 Å². The third-order valence-corrected chi connectivity index (χ3v) is 6.04. The zero-order valence-electron chi connectivity index (χ0n) is 18.2. The van der Waals surface area contributed by atoms with Gasteiger partial charge in [0.1, 0.15) is 5.69 Å². The van der Waals surface area contributed by atoms with Gasteiger partial charge in [-0.15, -0.1) is 0 Å². The third-order valence-electron chi connectivity index (χ3n) is 5.79. The number of Topliss-reactive ketones (excluding diaryl/α,β-unsaturated/α-hetero) is 1. The molecule has 1 atom stereocenters. The molecule has 0 saturated carbocycles. The summed E-state index contributed by atoms with van der Waals surface area (Å²) in [6, 6.07) is 13.0. The fourth-order valence-corrected chi connectivity index (χ4v) is 4.28. The number of carbonyl (C=O) groups is 2. The van der Waals surface area contributed by atoms with Crippen LogP contribution < -0.4 is 0 Å². The summed E-state index contributed by atoms with van der Waals surface area (Å²) in [5.41, 5.74) is 3.05. The van der Waals surface area contributed by atoms with Crippen molar-refractivity contribution >= 4 is 23.3 Å². The molecule has 0 aliphatic carbocycles. The van der Waals surface area contributed by atoms with Gasteiger partial charge in [0.05, 0.1) is 18.3 Å². The van der Waals surface area contributed by atoms with Gasteiger partial charge in [0.25, 0.3) is 5.91 Å². The number of pyridine rings is 1. The van der Waals surface area contributed by atoms with E-state index >= 15 is 0 Å². The largest absolute Gasteiger partial charge is 0.328 e. The zero-order valence-corrected chi connectivity index (χ0v) is 19.0. The fourth-order valence-electron chi connectivity index (χ4n) is 4.15. The minimum atomic E-state index is -0.149. The van der Waals surface area contributed by atoms with E-state index in [0.29, 0.717) is 17.3 Å². The Hall–Kier alpha value is -2.99. The number of unbranched alkanes of at least 4 members (excludes halogenated alkanes) is 2. The number of halogens is 1. The maximum atomic E-state index is 13.3. The molecule has 1 unspecified atom stereocenters. The number of carbonyl (C=O) groups excluding carboxylic acids is 2. The Morgan fingerprint density at radius 3 is 2.72 bits per heavy atom. The lowest BCUT2D eigenvalue weighted by molar-refractivity contribution is -0.119. The number of fused-ring (bicyclic) bond motifs is 1. The summed E-state index contributed by atoms with van der Waals surface area (Å²) in [5.74, 6) is -0.145. The summed E-state index contributed by atoms with van der Waals surface area (Å²) < 4.78 is 1.87. The van der Waals surface area contributed by atoms with Gasteiger partial charge >= 0.3 is 0 Å². The summed E-state index contributed by atoms with van der Waals surface area (Å²) in [7, 11) is 0. The normalized spacial score (nSPS) is 15.6. The van der Waals surface area contributed by atoms with Crippen LogP contribution in [0.15, 0.2) is 54.9 Å². The van der Waals surface area contributed by atoms with Gasteiger partial charge in [0.2, 0.25) is 0 Å². The lowest BCUT2D eigenvalue weighted by atomic mass is 10.0. The average molecular weight is 451 g/mol. The maximum Gasteiger partial charge on any atom is 0.272 e. The number of hydrogen-bond donors (Lipinski definition) is 0. The quantitative estimate of drug-likeness (QED) is 0.431. The molecule has 1 aliphatic rings. The van der Waals surface area contributed by atoms with Crippen LogP contribution in [0, 0.1) is 0 Å². The smallest absolute Gasteiger partial charge is 0.272 e. The number of benzene rings is 1. The van der Waals surface area contributed by atoms with Crippen molar-refractivity contribution in [2.24, 2.45) is 0 Å². The molecule has 32 heavy (non-hydrogen) atoms. The molecule has 7 heteroatoms. The number of ketones is 1. The first kappa shape index (κ1) is 22.2. The molecule has 0 radical (unpaired) electrons. The molecule has 1 aliphatic heterocycles. The van der Waals surface area contributed by atoms with Gasteiger partial charge < -0.3 is 4.90 Å². The minimum Gasteiger partial charge on any atom is -0.328 e. The van der Waals surface area contributed by atoms with Gasteiger partial charge in [-0.05, 0) is 36.2 Å². The van der Waals surface area contributed by atoms with Crippen LogP contribution in [0.5, 0.6) is 0 Å². The summed E-state index contributed by atoms with van der Waals surface area (Å²) in [4.78, 5) is 31.7. The minimum absolute atomic E-state index is 0.00421. The predicted molar refractivity (Wildman–Crippen MR) is 125 cm³/mol. The Labute approximate surface area is 193 Å². The Kier molecular flexibility index (Phi) is 7.00. The van der Waals surface area contributed by atoms with Crippen molar-refractivity contribution in [2.75, 3.05) is 13.1 Å². The molecule has 0 fully saturated rings. The van der Waals surface area contributed by atoms with E-state index in [1.54, 1.807) is 17.3 Å². The molecule has 0 saturated heterocycles. The highest BCUT2D eigenvalue weighted by atomic mass is 35.5. The monoisotopic (exact) mass is 450 g/mol. The van der Waals surface area contributed by atoms with Crippen molar-refractivity contribution in [1.82, 2.24) is 19.7 Å². The van der Waals surface area contributed by atoms with Crippen molar-refractivity contribution in [2.45, 2.75) is 45.1 Å². The lowest BCUT2D eigenvalue weighted by Crippen LogP contribution is -2.45. The number of rotatable bonds is 9. The van der Waals surface area contributed by atoms with Crippen molar-refractivity contribution in [3.63, 3.8) is 0 Å². The van der Waals surface area contributed by atoms with Crippen LogP contribution in [-0.2, 0) is 11.2 Å². The van der Waals surface area contributed by atoms with Gasteiger partial charge in [-0.2, -0.15) is 5.10 Å². The van der Waals surface area contributed by atoms with E-state index in [1.807, 2.05) is 47.1 Å². The van der Waals surface area contributed by atoms with Crippen LogP contribution in [0.4, 0.5) is 0 Å². The Bertz CT molecular complexity index is 1080. The van der Waals surface area contributed by atoms with Crippen LogP contribution in [0.3, 0.4) is 0 Å². The standard InChI is InChI=1S/C25H27ClN4O2/c1-2-3-4-7-21-16-29(17-22(31)13-18-6-5-12-27-15-18)25(32)24-14-23(28-30(21)24)19-8-10-20(26)11-9-19/h5-6,8-12,14-15,21H,2-4,7,13,16-17H2,1H3. The van der Waals surface area contributed by atoms with Crippen LogP contribution >= 0.6 is 11.6 Å². The molecule has 6 nitrogen and oxygen atoms in total. The SMILES string of the molecule is CCCCCC1CN(CC(=O)Cc2cccnc2)C(=O)c2cc(-c3ccc(Cl)cc3)nn21. The average Bonchev–Trinajstić information content (AvgIpc) is 3.24.